The van der Waals surface area contributed by atoms with E-state index in [0.29, 0.717) is 26.2 Å². The first-order valence-electron chi connectivity index (χ1n) is 5.24. The van der Waals surface area contributed by atoms with Crippen LogP contribution in [0.2, 0.25) is 0 Å². The summed E-state index contributed by atoms with van der Waals surface area (Å²) in [4.78, 5) is 0.178. The molecule has 98 valence electrons. The van der Waals surface area contributed by atoms with Gasteiger partial charge < -0.3 is 10.1 Å². The van der Waals surface area contributed by atoms with Crippen LogP contribution in [0.4, 0.5) is 0 Å². The zero-order valence-corrected chi connectivity index (χ0v) is 10.8. The number of rotatable bonds is 8. The number of nitrogens with zero attached hydrogens (tertiary/aromatic N) is 2. The molecule has 7 nitrogen and oxygen atoms in total. The van der Waals surface area contributed by atoms with Crippen LogP contribution in [0.3, 0.4) is 0 Å². The van der Waals surface area contributed by atoms with E-state index >= 15 is 0 Å². The van der Waals surface area contributed by atoms with Crippen molar-refractivity contribution in [3.8, 4) is 0 Å². The van der Waals surface area contributed by atoms with Crippen LogP contribution in [0.15, 0.2) is 17.3 Å². The lowest BCUT2D eigenvalue weighted by Gasteiger charge is -2.05. The Morgan fingerprint density at radius 3 is 2.76 bits per heavy atom. The number of sulfonamides is 1. The van der Waals surface area contributed by atoms with Crippen LogP contribution in [-0.4, -0.2) is 51.5 Å². The summed E-state index contributed by atoms with van der Waals surface area (Å²) >= 11 is 0. The van der Waals surface area contributed by atoms with Crippen molar-refractivity contribution < 1.29 is 13.2 Å². The second-order valence-electron chi connectivity index (χ2n) is 3.49. The molecule has 0 atom stereocenters. The van der Waals surface area contributed by atoms with Crippen molar-refractivity contribution in [1.82, 2.24) is 19.8 Å². The van der Waals surface area contributed by atoms with Gasteiger partial charge in [-0.25, -0.2) is 13.1 Å². The fraction of sp³-hybridized carbons (Fsp3) is 0.667. The molecule has 0 radical (unpaired) electrons. The minimum Gasteiger partial charge on any atom is -0.383 e. The molecule has 17 heavy (non-hydrogen) atoms. The first-order chi connectivity index (χ1) is 8.06. The average molecular weight is 262 g/mol. The van der Waals surface area contributed by atoms with Crippen LogP contribution in [0, 0.1) is 0 Å². The van der Waals surface area contributed by atoms with E-state index in [4.69, 9.17) is 4.74 Å². The summed E-state index contributed by atoms with van der Waals surface area (Å²) < 4.78 is 32.2. The van der Waals surface area contributed by atoms with E-state index < -0.39 is 10.0 Å². The lowest BCUT2D eigenvalue weighted by atomic mass is 10.6. The molecule has 1 aromatic heterocycles. The zero-order chi connectivity index (χ0) is 12.7. The maximum atomic E-state index is 11.7. The number of ether oxygens (including phenoxy) is 1. The number of hydrogen-bond acceptors (Lipinski definition) is 5. The summed E-state index contributed by atoms with van der Waals surface area (Å²) in [5.74, 6) is 0. The van der Waals surface area contributed by atoms with Gasteiger partial charge in [0.1, 0.15) is 4.90 Å². The van der Waals surface area contributed by atoms with E-state index in [1.807, 2.05) is 0 Å². The molecule has 0 saturated heterocycles. The highest BCUT2D eigenvalue weighted by Crippen LogP contribution is 2.04. The van der Waals surface area contributed by atoms with E-state index in [2.05, 4.69) is 15.1 Å². The molecule has 0 amide bonds. The topological polar surface area (TPSA) is 85.2 Å². The van der Waals surface area contributed by atoms with Crippen LogP contribution < -0.4 is 10.0 Å². The van der Waals surface area contributed by atoms with Gasteiger partial charge in [0.2, 0.25) is 10.0 Å². The van der Waals surface area contributed by atoms with Gasteiger partial charge in [0.05, 0.1) is 12.8 Å². The third kappa shape index (κ3) is 4.82. The fourth-order valence-corrected chi connectivity index (χ4v) is 2.21. The maximum Gasteiger partial charge on any atom is 0.243 e. The highest BCUT2D eigenvalue weighted by atomic mass is 32.2. The number of hydrogen-bond donors (Lipinski definition) is 2. The molecule has 0 aliphatic carbocycles. The molecule has 0 bridgehead atoms. The molecule has 1 aromatic rings. The molecule has 0 fully saturated rings. The lowest BCUT2D eigenvalue weighted by molar-refractivity contribution is 0.199. The molecule has 1 rings (SSSR count). The van der Waals surface area contributed by atoms with Crippen molar-refractivity contribution in [2.75, 3.05) is 33.4 Å². The summed E-state index contributed by atoms with van der Waals surface area (Å²) in [5, 5.41) is 6.86. The Morgan fingerprint density at radius 2 is 2.18 bits per heavy atom. The quantitative estimate of drug-likeness (QED) is 0.583. The van der Waals surface area contributed by atoms with Crippen molar-refractivity contribution >= 4 is 10.0 Å². The molecule has 0 aliphatic heterocycles. The highest BCUT2D eigenvalue weighted by Gasteiger charge is 2.14. The molecule has 1 heterocycles. The molecule has 0 aromatic carbocycles. The van der Waals surface area contributed by atoms with Gasteiger partial charge >= 0.3 is 0 Å². The maximum absolute atomic E-state index is 11.7. The molecule has 8 heteroatoms. The van der Waals surface area contributed by atoms with Gasteiger partial charge in [-0.1, -0.05) is 0 Å². The summed E-state index contributed by atoms with van der Waals surface area (Å²) in [6.07, 6.45) is 2.78. The predicted octanol–water partition coefficient (Wildman–Crippen LogP) is -1.07. The smallest absolute Gasteiger partial charge is 0.243 e. The van der Waals surface area contributed by atoms with Crippen molar-refractivity contribution in [2.45, 2.75) is 4.90 Å². The van der Waals surface area contributed by atoms with Gasteiger partial charge in [-0.15, -0.1) is 0 Å². The minimum absolute atomic E-state index is 0.178. The third-order valence-electron chi connectivity index (χ3n) is 2.07. The normalized spacial score (nSPS) is 11.9. The van der Waals surface area contributed by atoms with E-state index in [9.17, 15) is 8.42 Å². The fourth-order valence-electron chi connectivity index (χ4n) is 1.19. The van der Waals surface area contributed by atoms with Gasteiger partial charge in [-0.05, 0) is 0 Å². The van der Waals surface area contributed by atoms with Crippen LogP contribution >= 0.6 is 0 Å². The van der Waals surface area contributed by atoms with Crippen LogP contribution in [0.5, 0.6) is 0 Å². The lowest BCUT2D eigenvalue weighted by Crippen LogP contribution is -2.33. The van der Waals surface area contributed by atoms with E-state index in [0.717, 1.165) is 0 Å². The standard InChI is InChI=1S/C9H18N4O3S/c1-13-8-9(7-11-13)17(14,15)12-4-3-10-5-6-16-2/h7-8,10,12H,3-6H2,1-2H3. The van der Waals surface area contributed by atoms with E-state index in [1.54, 1.807) is 14.2 Å². The van der Waals surface area contributed by atoms with Gasteiger partial charge in [0.25, 0.3) is 0 Å². The Bertz CT molecular complexity index is 429. The number of aryl methyl sites for hydroxylation is 1. The van der Waals surface area contributed by atoms with Gasteiger partial charge in [-0.3, -0.25) is 4.68 Å². The van der Waals surface area contributed by atoms with Crippen LogP contribution in [-0.2, 0) is 21.8 Å². The van der Waals surface area contributed by atoms with Crippen LogP contribution in [0.1, 0.15) is 0 Å². The molecular formula is C9H18N4O3S. The molecule has 0 saturated carbocycles. The summed E-state index contributed by atoms with van der Waals surface area (Å²) in [7, 11) is -0.147. The number of nitrogens with one attached hydrogen (secondary N) is 2. The third-order valence-corrected chi connectivity index (χ3v) is 3.48. The molecule has 2 N–H and O–H groups in total. The Balaban J connectivity index is 2.31. The number of methoxy groups -OCH3 is 1. The zero-order valence-electron chi connectivity index (χ0n) is 10.0. The largest absolute Gasteiger partial charge is 0.383 e. The minimum atomic E-state index is -3.44. The van der Waals surface area contributed by atoms with E-state index in [-0.39, 0.29) is 4.90 Å². The monoisotopic (exact) mass is 262 g/mol. The SMILES string of the molecule is COCCNCCNS(=O)(=O)c1cnn(C)c1. The first kappa shape index (κ1) is 14.1. The van der Waals surface area contributed by atoms with Crippen molar-refractivity contribution in [3.63, 3.8) is 0 Å². The molecule has 0 unspecified atom stereocenters. The molecule has 0 spiro atoms. The van der Waals surface area contributed by atoms with Crippen molar-refractivity contribution in [2.24, 2.45) is 7.05 Å². The van der Waals surface area contributed by atoms with Gasteiger partial charge in [-0.2, -0.15) is 5.10 Å². The number of aromatic nitrogens is 2. The average Bonchev–Trinajstić information content (AvgIpc) is 2.71. The predicted molar refractivity (Wildman–Crippen MR) is 63.1 cm³/mol. The Labute approximate surface area is 101 Å². The van der Waals surface area contributed by atoms with Crippen LogP contribution in [0.25, 0.3) is 0 Å². The second kappa shape index (κ2) is 6.70. The van der Waals surface area contributed by atoms with Gasteiger partial charge in [0, 0.05) is 40.0 Å². The molecular weight excluding hydrogens is 244 g/mol. The Kier molecular flexibility index (Phi) is 5.56. The summed E-state index contributed by atoms with van der Waals surface area (Å²) in [6, 6.07) is 0. The van der Waals surface area contributed by atoms with Gasteiger partial charge in [0.15, 0.2) is 0 Å². The Hall–Kier alpha value is -0.960. The molecule has 0 aliphatic rings. The van der Waals surface area contributed by atoms with Crippen molar-refractivity contribution in [1.29, 1.82) is 0 Å². The highest BCUT2D eigenvalue weighted by molar-refractivity contribution is 7.89. The first-order valence-corrected chi connectivity index (χ1v) is 6.72. The van der Waals surface area contributed by atoms with Crippen molar-refractivity contribution in [3.05, 3.63) is 12.4 Å². The summed E-state index contributed by atoms with van der Waals surface area (Å²) in [5.41, 5.74) is 0. The second-order valence-corrected chi connectivity index (χ2v) is 5.26. The Morgan fingerprint density at radius 1 is 1.41 bits per heavy atom. The summed E-state index contributed by atoms with van der Waals surface area (Å²) in [6.45, 7) is 2.20. The van der Waals surface area contributed by atoms with E-state index in [1.165, 1.54) is 17.1 Å².